The van der Waals surface area contributed by atoms with Crippen molar-refractivity contribution in [3.63, 3.8) is 0 Å². The molecule has 0 heterocycles. The van der Waals surface area contributed by atoms with Gasteiger partial charge in [-0.15, -0.1) is 0 Å². The Morgan fingerprint density at radius 3 is 2.45 bits per heavy atom. The molecule has 0 saturated heterocycles. The summed E-state index contributed by atoms with van der Waals surface area (Å²) < 4.78 is 10.9. The van der Waals surface area contributed by atoms with Gasteiger partial charge in [0.2, 0.25) is 0 Å². The Morgan fingerprint density at radius 1 is 1.14 bits per heavy atom. The second-order valence-electron chi connectivity index (χ2n) is 6.52. The second-order valence-corrected chi connectivity index (χ2v) is 6.93. The van der Waals surface area contributed by atoms with Crippen LogP contribution in [0.4, 0.5) is 0 Å². The van der Waals surface area contributed by atoms with Crippen molar-refractivity contribution < 1.29 is 24.2 Å². The number of halogens is 1. The highest BCUT2D eigenvalue weighted by atomic mass is 35.5. The maximum Gasteiger partial charge on any atom is 0.333 e. The Kier molecular flexibility index (Phi) is 8.96. The molecule has 156 valence electrons. The monoisotopic (exact) mass is 419 g/mol. The number of carbonyl (C=O) groups excluding carboxylic acids is 1. The summed E-state index contributed by atoms with van der Waals surface area (Å²) in [6.45, 7) is 4.23. The van der Waals surface area contributed by atoms with Crippen molar-refractivity contribution in [3.05, 3.63) is 64.7 Å². The number of aliphatic carboxylic acids is 1. The molecule has 0 aliphatic rings. The zero-order valence-corrected chi connectivity index (χ0v) is 17.3. The van der Waals surface area contributed by atoms with Gasteiger partial charge in [0.05, 0.1) is 0 Å². The fourth-order valence-corrected chi connectivity index (χ4v) is 2.99. The minimum atomic E-state index is -0.991. The van der Waals surface area contributed by atoms with E-state index in [0.717, 1.165) is 11.1 Å². The van der Waals surface area contributed by atoms with Crippen molar-refractivity contribution in [1.82, 2.24) is 5.32 Å². The van der Waals surface area contributed by atoms with Crippen molar-refractivity contribution in [1.29, 1.82) is 0 Å². The highest BCUT2D eigenvalue weighted by Gasteiger charge is 2.18. The molecule has 1 unspecified atom stereocenters. The van der Waals surface area contributed by atoms with E-state index in [1.54, 1.807) is 38.1 Å². The average Bonchev–Trinajstić information content (AvgIpc) is 2.70. The molecule has 0 aliphatic heterocycles. The third kappa shape index (κ3) is 7.40. The van der Waals surface area contributed by atoms with Crippen LogP contribution < -0.4 is 10.1 Å². The quantitative estimate of drug-likeness (QED) is 0.582. The van der Waals surface area contributed by atoms with E-state index in [0.29, 0.717) is 30.3 Å². The molecule has 0 aliphatic carbocycles. The fourth-order valence-electron chi connectivity index (χ4n) is 2.76. The molecule has 2 aromatic carbocycles. The molecular weight excluding hydrogens is 394 g/mol. The lowest BCUT2D eigenvalue weighted by Gasteiger charge is -2.16. The molecule has 2 N–H and O–H groups in total. The molecule has 6 nitrogen and oxygen atoms in total. The molecule has 0 saturated carbocycles. The standard InChI is InChI=1S/C22H26ClNO5/c1-3-28-20(22(26)27)14-16-8-10-18(11-9-16)29-15(2)21(25)24-13-12-17-6-4-5-7-19(17)23/h4-11,15,20H,3,12-14H2,1-2H3,(H,24,25)(H,26,27)/t15?,20-/m1/s1. The molecule has 0 spiro atoms. The van der Waals surface area contributed by atoms with E-state index in [4.69, 9.17) is 26.2 Å². The van der Waals surface area contributed by atoms with Crippen LogP contribution in [0.5, 0.6) is 5.75 Å². The number of carbonyl (C=O) groups is 2. The molecular formula is C22H26ClNO5. The number of hydrogen-bond acceptors (Lipinski definition) is 4. The number of carboxylic acid groups (broad SMARTS) is 1. The summed E-state index contributed by atoms with van der Waals surface area (Å²) in [5.74, 6) is -0.677. The molecule has 7 heteroatoms. The molecule has 1 amide bonds. The van der Waals surface area contributed by atoms with Crippen molar-refractivity contribution in [2.75, 3.05) is 13.2 Å². The van der Waals surface area contributed by atoms with Gasteiger partial charge < -0.3 is 19.9 Å². The van der Waals surface area contributed by atoms with Crippen molar-refractivity contribution in [3.8, 4) is 5.75 Å². The van der Waals surface area contributed by atoms with E-state index in [9.17, 15) is 9.59 Å². The molecule has 0 fully saturated rings. The molecule has 0 aromatic heterocycles. The van der Waals surface area contributed by atoms with Crippen LogP contribution in [-0.2, 0) is 27.2 Å². The maximum absolute atomic E-state index is 12.2. The van der Waals surface area contributed by atoms with Gasteiger partial charge in [-0.2, -0.15) is 0 Å². The van der Waals surface area contributed by atoms with Crippen LogP contribution in [0.25, 0.3) is 0 Å². The van der Waals surface area contributed by atoms with E-state index in [-0.39, 0.29) is 12.3 Å². The maximum atomic E-state index is 12.2. The Bertz CT molecular complexity index is 809. The Morgan fingerprint density at radius 2 is 1.83 bits per heavy atom. The zero-order chi connectivity index (χ0) is 21.2. The minimum absolute atomic E-state index is 0.219. The molecule has 29 heavy (non-hydrogen) atoms. The molecule has 0 radical (unpaired) electrons. The van der Waals surface area contributed by atoms with Crippen LogP contribution in [0.1, 0.15) is 25.0 Å². The van der Waals surface area contributed by atoms with E-state index < -0.39 is 18.2 Å². The van der Waals surface area contributed by atoms with Crippen molar-refractivity contribution >= 4 is 23.5 Å². The van der Waals surface area contributed by atoms with Crippen LogP contribution in [0.3, 0.4) is 0 Å². The first-order chi connectivity index (χ1) is 13.9. The molecule has 2 rings (SSSR count). The molecule has 2 aromatic rings. The first-order valence-corrected chi connectivity index (χ1v) is 9.89. The summed E-state index contributed by atoms with van der Waals surface area (Å²) in [7, 11) is 0. The van der Waals surface area contributed by atoms with Crippen LogP contribution in [0.2, 0.25) is 5.02 Å². The van der Waals surface area contributed by atoms with Gasteiger partial charge in [0.1, 0.15) is 5.75 Å². The van der Waals surface area contributed by atoms with E-state index in [2.05, 4.69) is 5.32 Å². The summed E-state index contributed by atoms with van der Waals surface area (Å²) in [6.07, 6.45) is -0.643. The van der Waals surface area contributed by atoms with Gasteiger partial charge in [0.15, 0.2) is 12.2 Å². The lowest BCUT2D eigenvalue weighted by molar-refractivity contribution is -0.150. The van der Waals surface area contributed by atoms with E-state index in [1.165, 1.54) is 0 Å². The van der Waals surface area contributed by atoms with Crippen LogP contribution in [-0.4, -0.2) is 42.3 Å². The summed E-state index contributed by atoms with van der Waals surface area (Å²) in [4.78, 5) is 23.4. The normalized spacial score (nSPS) is 12.8. The number of ether oxygens (including phenoxy) is 2. The Hall–Kier alpha value is -2.57. The van der Waals surface area contributed by atoms with Gasteiger partial charge in [-0.05, 0) is 49.6 Å². The largest absolute Gasteiger partial charge is 0.481 e. The highest BCUT2D eigenvalue weighted by Crippen LogP contribution is 2.17. The lowest BCUT2D eigenvalue weighted by atomic mass is 10.1. The van der Waals surface area contributed by atoms with Crippen molar-refractivity contribution in [2.45, 2.75) is 38.9 Å². The first-order valence-electron chi connectivity index (χ1n) is 9.51. The number of hydrogen-bond donors (Lipinski definition) is 2. The van der Waals surface area contributed by atoms with Crippen LogP contribution in [0, 0.1) is 0 Å². The van der Waals surface area contributed by atoms with Crippen molar-refractivity contribution in [2.24, 2.45) is 0 Å². The Labute approximate surface area is 175 Å². The Balaban J connectivity index is 1.81. The third-order valence-corrected chi connectivity index (χ3v) is 4.69. The summed E-state index contributed by atoms with van der Waals surface area (Å²) in [5, 5.41) is 12.7. The topological polar surface area (TPSA) is 84.9 Å². The van der Waals surface area contributed by atoms with Gasteiger partial charge in [-0.1, -0.05) is 41.9 Å². The number of nitrogens with one attached hydrogen (secondary N) is 1. The van der Waals surface area contributed by atoms with Gasteiger partial charge in [-0.25, -0.2) is 4.79 Å². The minimum Gasteiger partial charge on any atom is -0.481 e. The molecule has 0 bridgehead atoms. The predicted octanol–water partition coefficient (Wildman–Crippen LogP) is 3.50. The lowest BCUT2D eigenvalue weighted by Crippen LogP contribution is -2.37. The van der Waals surface area contributed by atoms with Crippen LogP contribution in [0.15, 0.2) is 48.5 Å². The summed E-state index contributed by atoms with van der Waals surface area (Å²) in [6, 6.07) is 14.5. The number of benzene rings is 2. The second kappa shape index (κ2) is 11.4. The van der Waals surface area contributed by atoms with Gasteiger partial charge >= 0.3 is 5.97 Å². The average molecular weight is 420 g/mol. The first kappa shape index (κ1) is 22.7. The highest BCUT2D eigenvalue weighted by molar-refractivity contribution is 6.31. The summed E-state index contributed by atoms with van der Waals surface area (Å²) >= 11 is 6.11. The van der Waals surface area contributed by atoms with Gasteiger partial charge in [0, 0.05) is 24.6 Å². The van der Waals surface area contributed by atoms with E-state index in [1.807, 2.05) is 24.3 Å². The summed E-state index contributed by atoms with van der Waals surface area (Å²) in [5.41, 5.74) is 1.79. The SMILES string of the molecule is CCO[C@H](Cc1ccc(OC(C)C(=O)NCCc2ccccc2Cl)cc1)C(=O)O. The smallest absolute Gasteiger partial charge is 0.333 e. The third-order valence-electron chi connectivity index (χ3n) is 4.32. The molecule has 2 atom stereocenters. The van der Waals surface area contributed by atoms with Gasteiger partial charge in [0.25, 0.3) is 5.91 Å². The fraction of sp³-hybridized carbons (Fsp3) is 0.364. The number of amides is 1. The zero-order valence-electron chi connectivity index (χ0n) is 16.6. The number of rotatable bonds is 11. The number of carboxylic acids is 1. The van der Waals surface area contributed by atoms with Gasteiger partial charge in [-0.3, -0.25) is 4.79 Å². The van der Waals surface area contributed by atoms with Crippen LogP contribution >= 0.6 is 11.6 Å². The predicted molar refractivity (Wildman–Crippen MR) is 111 cm³/mol. The van der Waals surface area contributed by atoms with E-state index >= 15 is 0 Å².